The molecule has 0 unspecified atom stereocenters. The quantitative estimate of drug-likeness (QED) is 0.519. The highest BCUT2D eigenvalue weighted by Gasteiger charge is 2.00. The van der Waals surface area contributed by atoms with Crippen LogP contribution >= 0.6 is 0 Å². The first kappa shape index (κ1) is 14.0. The van der Waals surface area contributed by atoms with Crippen molar-refractivity contribution in [1.29, 1.82) is 0 Å². The maximum absolute atomic E-state index is 9.43. The van der Waals surface area contributed by atoms with Crippen LogP contribution in [0, 0.1) is 6.92 Å². The minimum absolute atomic E-state index is 0.246. The average Bonchev–Trinajstić information content (AvgIpc) is 2.57. The lowest BCUT2D eigenvalue weighted by Gasteiger charge is -2.01. The SMILES string of the molecule is Cc1ccnc2c(O)cccc12.c1ccc2ncccc2c1. The third-order valence-electron chi connectivity index (χ3n) is 3.48. The van der Waals surface area contributed by atoms with Gasteiger partial charge in [0.25, 0.3) is 0 Å². The van der Waals surface area contributed by atoms with Gasteiger partial charge in [-0.1, -0.05) is 36.4 Å². The van der Waals surface area contributed by atoms with E-state index in [1.807, 2.05) is 55.6 Å². The lowest BCUT2D eigenvalue weighted by atomic mass is 10.1. The molecule has 0 spiro atoms. The molecule has 4 aromatic rings. The van der Waals surface area contributed by atoms with Gasteiger partial charge in [0.15, 0.2) is 0 Å². The molecule has 0 bridgehead atoms. The van der Waals surface area contributed by atoms with Crippen molar-refractivity contribution in [2.24, 2.45) is 0 Å². The molecule has 1 N–H and O–H groups in total. The monoisotopic (exact) mass is 288 g/mol. The second kappa shape index (κ2) is 6.22. The summed E-state index contributed by atoms with van der Waals surface area (Å²) in [4.78, 5) is 8.27. The van der Waals surface area contributed by atoms with E-state index in [9.17, 15) is 5.11 Å². The topological polar surface area (TPSA) is 46.0 Å². The molecule has 2 aromatic carbocycles. The summed E-state index contributed by atoms with van der Waals surface area (Å²) >= 11 is 0. The number of hydrogen-bond donors (Lipinski definition) is 1. The summed E-state index contributed by atoms with van der Waals surface area (Å²) in [7, 11) is 0. The Bertz CT molecular complexity index is 812. The molecule has 22 heavy (non-hydrogen) atoms. The molecule has 0 amide bonds. The van der Waals surface area contributed by atoms with E-state index in [0.717, 1.165) is 16.5 Å². The van der Waals surface area contributed by atoms with Crippen LogP contribution in [0.4, 0.5) is 0 Å². The van der Waals surface area contributed by atoms with Crippen LogP contribution in [0.3, 0.4) is 0 Å². The van der Waals surface area contributed by atoms with Gasteiger partial charge in [0.1, 0.15) is 11.3 Å². The van der Waals surface area contributed by atoms with Crippen LogP contribution in [0.15, 0.2) is 73.1 Å². The van der Waals surface area contributed by atoms with E-state index in [1.165, 1.54) is 5.39 Å². The van der Waals surface area contributed by atoms with E-state index in [-0.39, 0.29) is 5.75 Å². The molecule has 108 valence electrons. The van der Waals surface area contributed by atoms with Gasteiger partial charge < -0.3 is 5.11 Å². The fourth-order valence-corrected chi connectivity index (χ4v) is 2.31. The number of hydrogen-bond acceptors (Lipinski definition) is 3. The molecule has 3 heteroatoms. The molecule has 0 aliphatic heterocycles. The van der Waals surface area contributed by atoms with Crippen molar-refractivity contribution >= 4 is 21.8 Å². The second-order valence-electron chi connectivity index (χ2n) is 5.00. The van der Waals surface area contributed by atoms with Crippen LogP contribution in [0.2, 0.25) is 0 Å². The Balaban J connectivity index is 0.000000133. The summed E-state index contributed by atoms with van der Waals surface area (Å²) in [6, 6.07) is 19.4. The van der Waals surface area contributed by atoms with Crippen molar-refractivity contribution < 1.29 is 5.11 Å². The van der Waals surface area contributed by atoms with E-state index >= 15 is 0 Å². The van der Waals surface area contributed by atoms with E-state index in [2.05, 4.69) is 22.1 Å². The molecule has 2 heterocycles. The molecule has 2 aromatic heterocycles. The van der Waals surface area contributed by atoms with Crippen LogP contribution in [-0.2, 0) is 0 Å². The van der Waals surface area contributed by atoms with Gasteiger partial charge in [-0.2, -0.15) is 0 Å². The van der Waals surface area contributed by atoms with Gasteiger partial charge in [-0.15, -0.1) is 0 Å². The molecular formula is C19H16N2O. The number of phenols is 1. The number of benzene rings is 2. The third kappa shape index (κ3) is 2.88. The number of aryl methyl sites for hydroxylation is 1. The first-order chi connectivity index (χ1) is 10.8. The maximum atomic E-state index is 9.43. The molecule has 0 fully saturated rings. The van der Waals surface area contributed by atoms with Gasteiger partial charge in [-0.25, -0.2) is 0 Å². The molecule has 3 nitrogen and oxygen atoms in total. The zero-order valence-electron chi connectivity index (χ0n) is 12.3. The molecule has 0 atom stereocenters. The normalized spacial score (nSPS) is 10.2. The largest absolute Gasteiger partial charge is 0.506 e. The van der Waals surface area contributed by atoms with Crippen LogP contribution < -0.4 is 0 Å². The Kier molecular flexibility index (Phi) is 3.97. The van der Waals surface area contributed by atoms with Crippen molar-refractivity contribution in [2.75, 3.05) is 0 Å². The van der Waals surface area contributed by atoms with Gasteiger partial charge in [0.05, 0.1) is 5.52 Å². The van der Waals surface area contributed by atoms with Gasteiger partial charge in [0.2, 0.25) is 0 Å². The Morgan fingerprint density at radius 3 is 2.41 bits per heavy atom. The number of fused-ring (bicyclic) bond motifs is 2. The molecule has 0 saturated heterocycles. The first-order valence-electron chi connectivity index (χ1n) is 7.09. The van der Waals surface area contributed by atoms with E-state index in [0.29, 0.717) is 5.52 Å². The summed E-state index contributed by atoms with van der Waals surface area (Å²) < 4.78 is 0. The maximum Gasteiger partial charge on any atom is 0.141 e. The fraction of sp³-hybridized carbons (Fsp3) is 0.0526. The van der Waals surface area contributed by atoms with Crippen LogP contribution in [0.25, 0.3) is 21.8 Å². The highest BCUT2D eigenvalue weighted by atomic mass is 16.3. The highest BCUT2D eigenvalue weighted by molar-refractivity contribution is 5.86. The van der Waals surface area contributed by atoms with Crippen molar-refractivity contribution in [3.8, 4) is 5.75 Å². The molecule has 4 rings (SSSR count). The molecule has 0 radical (unpaired) electrons. The highest BCUT2D eigenvalue weighted by Crippen LogP contribution is 2.23. The zero-order chi connectivity index (χ0) is 15.4. The van der Waals surface area contributed by atoms with Crippen LogP contribution in [0.5, 0.6) is 5.75 Å². The van der Waals surface area contributed by atoms with Gasteiger partial charge in [-0.3, -0.25) is 9.97 Å². The van der Waals surface area contributed by atoms with Gasteiger partial charge in [0, 0.05) is 23.2 Å². The number of pyridine rings is 2. The summed E-state index contributed by atoms with van der Waals surface area (Å²) in [5, 5.41) is 11.6. The minimum atomic E-state index is 0.246. The number of nitrogens with zero attached hydrogens (tertiary/aromatic N) is 2. The Morgan fingerprint density at radius 1 is 0.773 bits per heavy atom. The smallest absolute Gasteiger partial charge is 0.141 e. The lowest BCUT2D eigenvalue weighted by Crippen LogP contribution is -1.81. The summed E-state index contributed by atoms with van der Waals surface area (Å²) in [5.74, 6) is 0.246. The predicted molar refractivity (Wildman–Crippen MR) is 89.9 cm³/mol. The van der Waals surface area contributed by atoms with E-state index < -0.39 is 0 Å². The lowest BCUT2D eigenvalue weighted by molar-refractivity contribution is 0.480. The number of phenolic OH excluding ortho intramolecular Hbond substituents is 1. The minimum Gasteiger partial charge on any atom is -0.506 e. The van der Waals surface area contributed by atoms with Crippen molar-refractivity contribution in [2.45, 2.75) is 6.92 Å². The van der Waals surface area contributed by atoms with Crippen molar-refractivity contribution in [3.05, 3.63) is 78.6 Å². The van der Waals surface area contributed by atoms with Gasteiger partial charge in [-0.05, 0) is 36.8 Å². The van der Waals surface area contributed by atoms with E-state index in [1.54, 1.807) is 12.3 Å². The number of para-hydroxylation sites is 2. The Hall–Kier alpha value is -2.94. The standard InChI is InChI=1S/C10H9NO.C9H7N/c1-7-5-6-11-10-8(7)3-2-4-9(10)12;1-2-6-9-8(4-1)5-3-7-10-9/h2-6,12H,1H3;1-7H. The fourth-order valence-electron chi connectivity index (χ4n) is 2.31. The van der Waals surface area contributed by atoms with Crippen LogP contribution in [0.1, 0.15) is 5.56 Å². The average molecular weight is 288 g/mol. The first-order valence-corrected chi connectivity index (χ1v) is 7.09. The molecule has 0 aliphatic carbocycles. The third-order valence-corrected chi connectivity index (χ3v) is 3.48. The predicted octanol–water partition coefficient (Wildman–Crippen LogP) is 4.48. The van der Waals surface area contributed by atoms with Gasteiger partial charge >= 0.3 is 0 Å². The summed E-state index contributed by atoms with van der Waals surface area (Å²) in [6.45, 7) is 2.00. The Labute approximate surface area is 128 Å². The van der Waals surface area contributed by atoms with Crippen molar-refractivity contribution in [1.82, 2.24) is 9.97 Å². The summed E-state index contributed by atoms with van der Waals surface area (Å²) in [6.07, 6.45) is 3.51. The number of rotatable bonds is 0. The van der Waals surface area contributed by atoms with Crippen molar-refractivity contribution in [3.63, 3.8) is 0 Å². The number of aromatic nitrogens is 2. The molecule has 0 aliphatic rings. The Morgan fingerprint density at radius 2 is 1.59 bits per heavy atom. The van der Waals surface area contributed by atoms with Crippen LogP contribution in [-0.4, -0.2) is 15.1 Å². The molecule has 0 saturated carbocycles. The number of aromatic hydroxyl groups is 1. The molecular weight excluding hydrogens is 272 g/mol. The summed E-state index contributed by atoms with van der Waals surface area (Å²) in [5.41, 5.74) is 2.87. The second-order valence-corrected chi connectivity index (χ2v) is 5.00. The zero-order valence-corrected chi connectivity index (χ0v) is 12.3. The van der Waals surface area contributed by atoms with E-state index in [4.69, 9.17) is 0 Å².